The number of rotatable bonds is 4. The molecule has 0 aromatic rings. The van der Waals surface area contributed by atoms with Gasteiger partial charge in [0.25, 0.3) is 0 Å². The van der Waals surface area contributed by atoms with Crippen molar-refractivity contribution in [2.75, 3.05) is 13.2 Å². The van der Waals surface area contributed by atoms with Crippen LogP contribution in [0.2, 0.25) is 0 Å². The Balaban J connectivity index is 2.36. The van der Waals surface area contributed by atoms with Gasteiger partial charge in [-0.25, -0.2) is 0 Å². The molecule has 0 aromatic heterocycles. The minimum absolute atomic E-state index is 0.0600. The molecule has 1 spiro atoms. The molecule has 3 atom stereocenters. The van der Waals surface area contributed by atoms with E-state index in [1.807, 2.05) is 6.92 Å². The van der Waals surface area contributed by atoms with Gasteiger partial charge in [-0.05, 0) is 26.7 Å². The van der Waals surface area contributed by atoms with Gasteiger partial charge in [0.1, 0.15) is 0 Å². The van der Waals surface area contributed by atoms with Crippen molar-refractivity contribution in [2.45, 2.75) is 70.7 Å². The molecule has 3 N–H and O–H groups in total. The Bertz CT molecular complexity index is 511. The SMILES string of the molecule is CCC1(C)CC2(OCC(C(=O)O)(C(=O)O)CO2)C(C)C(C)(CC)N1. The summed E-state index contributed by atoms with van der Waals surface area (Å²) in [7, 11) is 0. The Morgan fingerprint density at radius 2 is 1.58 bits per heavy atom. The van der Waals surface area contributed by atoms with Gasteiger partial charge >= 0.3 is 11.9 Å². The van der Waals surface area contributed by atoms with Crippen LogP contribution >= 0.6 is 0 Å². The van der Waals surface area contributed by atoms with Crippen molar-refractivity contribution in [2.24, 2.45) is 11.3 Å². The van der Waals surface area contributed by atoms with Gasteiger partial charge in [-0.3, -0.25) is 9.59 Å². The highest BCUT2D eigenvalue weighted by Crippen LogP contribution is 2.49. The molecule has 2 saturated heterocycles. The van der Waals surface area contributed by atoms with Crippen LogP contribution in [-0.4, -0.2) is 52.2 Å². The third-order valence-corrected chi connectivity index (χ3v) is 6.30. The van der Waals surface area contributed by atoms with Crippen LogP contribution in [0.5, 0.6) is 0 Å². The number of hydrogen-bond acceptors (Lipinski definition) is 5. The maximum Gasteiger partial charge on any atom is 0.325 e. The van der Waals surface area contributed by atoms with E-state index >= 15 is 0 Å². The highest BCUT2D eigenvalue weighted by molar-refractivity contribution is 5.98. The van der Waals surface area contributed by atoms with Crippen molar-refractivity contribution in [3.8, 4) is 0 Å². The van der Waals surface area contributed by atoms with E-state index in [9.17, 15) is 19.8 Å². The molecule has 7 nitrogen and oxygen atoms in total. The third kappa shape index (κ3) is 2.72. The van der Waals surface area contributed by atoms with Gasteiger partial charge in [0.2, 0.25) is 5.41 Å². The van der Waals surface area contributed by atoms with Crippen molar-refractivity contribution in [1.29, 1.82) is 0 Å². The Labute approximate surface area is 142 Å². The van der Waals surface area contributed by atoms with Crippen LogP contribution in [-0.2, 0) is 19.1 Å². The summed E-state index contributed by atoms with van der Waals surface area (Å²) in [5.41, 5.74) is -2.53. The lowest BCUT2D eigenvalue weighted by atomic mass is 9.67. The molecule has 2 fully saturated rings. The van der Waals surface area contributed by atoms with E-state index < -0.39 is 23.1 Å². The van der Waals surface area contributed by atoms with Crippen LogP contribution in [0.4, 0.5) is 0 Å². The topological polar surface area (TPSA) is 105 Å². The Morgan fingerprint density at radius 1 is 1.08 bits per heavy atom. The van der Waals surface area contributed by atoms with Crippen LogP contribution in [0.3, 0.4) is 0 Å². The maximum absolute atomic E-state index is 11.5. The highest BCUT2D eigenvalue weighted by atomic mass is 16.7. The molecule has 24 heavy (non-hydrogen) atoms. The van der Waals surface area contributed by atoms with Crippen molar-refractivity contribution >= 4 is 11.9 Å². The summed E-state index contributed by atoms with van der Waals surface area (Å²) in [6.07, 6.45) is 2.25. The van der Waals surface area contributed by atoms with Crippen LogP contribution < -0.4 is 5.32 Å². The first-order valence-electron chi connectivity index (χ1n) is 8.53. The van der Waals surface area contributed by atoms with E-state index in [-0.39, 0.29) is 30.2 Å². The fourth-order valence-corrected chi connectivity index (χ4v) is 3.90. The van der Waals surface area contributed by atoms with Gasteiger partial charge in [-0.15, -0.1) is 0 Å². The molecular weight excluding hydrogens is 314 g/mol. The Hall–Kier alpha value is -1.18. The zero-order valence-electron chi connectivity index (χ0n) is 15.1. The van der Waals surface area contributed by atoms with Gasteiger partial charge in [0.15, 0.2) is 5.79 Å². The van der Waals surface area contributed by atoms with Crippen molar-refractivity contribution in [1.82, 2.24) is 5.32 Å². The lowest BCUT2D eigenvalue weighted by molar-refractivity contribution is -0.346. The predicted molar refractivity (Wildman–Crippen MR) is 86.6 cm³/mol. The lowest BCUT2D eigenvalue weighted by Crippen LogP contribution is -2.73. The Kier molecular flexibility index (Phi) is 4.76. The number of carboxylic acid groups (broad SMARTS) is 2. The molecule has 0 radical (unpaired) electrons. The average molecular weight is 343 g/mol. The molecule has 0 saturated carbocycles. The highest BCUT2D eigenvalue weighted by Gasteiger charge is 2.62. The van der Waals surface area contributed by atoms with Gasteiger partial charge in [-0.2, -0.15) is 0 Å². The smallest absolute Gasteiger partial charge is 0.325 e. The number of carbonyl (C=O) groups is 2. The van der Waals surface area contributed by atoms with E-state index in [0.29, 0.717) is 6.42 Å². The van der Waals surface area contributed by atoms with Crippen LogP contribution in [0.1, 0.15) is 53.9 Å². The molecule has 2 heterocycles. The summed E-state index contributed by atoms with van der Waals surface area (Å²) in [5.74, 6) is -3.89. The molecule has 3 unspecified atom stereocenters. The fourth-order valence-electron chi connectivity index (χ4n) is 3.90. The molecule has 0 bridgehead atoms. The molecule has 0 aliphatic carbocycles. The van der Waals surface area contributed by atoms with Gasteiger partial charge in [0, 0.05) is 23.4 Å². The summed E-state index contributed by atoms with van der Waals surface area (Å²) in [5, 5.41) is 22.4. The second-order valence-corrected chi connectivity index (χ2v) is 7.79. The second-order valence-electron chi connectivity index (χ2n) is 7.79. The number of aliphatic carboxylic acids is 2. The van der Waals surface area contributed by atoms with Crippen LogP contribution in [0.15, 0.2) is 0 Å². The van der Waals surface area contributed by atoms with Crippen LogP contribution in [0.25, 0.3) is 0 Å². The van der Waals surface area contributed by atoms with Crippen LogP contribution in [0, 0.1) is 11.3 Å². The molecule has 2 aliphatic heterocycles. The summed E-state index contributed by atoms with van der Waals surface area (Å²) < 4.78 is 11.9. The van der Waals surface area contributed by atoms with Gasteiger partial charge < -0.3 is 25.0 Å². The predicted octanol–water partition coefficient (Wildman–Crippen LogP) is 1.85. The quantitative estimate of drug-likeness (QED) is 0.669. The molecule has 0 aromatic carbocycles. The summed E-state index contributed by atoms with van der Waals surface area (Å²) >= 11 is 0. The number of carboxylic acids is 2. The van der Waals surface area contributed by atoms with E-state index in [0.717, 1.165) is 12.8 Å². The zero-order valence-corrected chi connectivity index (χ0v) is 15.1. The minimum atomic E-state index is -2.04. The lowest BCUT2D eigenvalue weighted by Gasteiger charge is -2.60. The monoisotopic (exact) mass is 343 g/mol. The summed E-state index contributed by atoms with van der Waals surface area (Å²) in [4.78, 5) is 23.0. The first-order chi connectivity index (χ1) is 11.0. The van der Waals surface area contributed by atoms with E-state index in [2.05, 4.69) is 33.0 Å². The van der Waals surface area contributed by atoms with Gasteiger partial charge in [0.05, 0.1) is 13.2 Å². The summed E-state index contributed by atoms with van der Waals surface area (Å²) in [6, 6.07) is 0. The van der Waals surface area contributed by atoms with E-state index in [1.165, 1.54) is 0 Å². The standard InChI is InChI=1S/C17H29NO6/c1-6-14(4)8-17(11(3)15(5,7-2)18-14)23-9-16(10-24-17,12(19)20)13(21)22/h11,18H,6-10H2,1-5H3,(H,19,20)(H,21,22). The minimum Gasteiger partial charge on any atom is -0.480 e. The van der Waals surface area contributed by atoms with Crippen molar-refractivity contribution in [3.63, 3.8) is 0 Å². The first-order valence-corrected chi connectivity index (χ1v) is 8.53. The molecule has 138 valence electrons. The normalized spacial score (nSPS) is 38.0. The zero-order chi connectivity index (χ0) is 18.4. The molecule has 7 heteroatoms. The Morgan fingerprint density at radius 3 is 1.96 bits per heavy atom. The maximum atomic E-state index is 11.5. The fraction of sp³-hybridized carbons (Fsp3) is 0.882. The number of nitrogens with one attached hydrogen (secondary N) is 1. The van der Waals surface area contributed by atoms with Gasteiger partial charge in [-0.1, -0.05) is 20.8 Å². The second kappa shape index (κ2) is 5.97. The first kappa shape index (κ1) is 19.1. The average Bonchev–Trinajstić information content (AvgIpc) is 2.53. The van der Waals surface area contributed by atoms with E-state index in [4.69, 9.17) is 9.47 Å². The van der Waals surface area contributed by atoms with E-state index in [1.54, 1.807) is 0 Å². The van der Waals surface area contributed by atoms with Crippen molar-refractivity contribution < 1.29 is 29.3 Å². The molecular formula is C17H29NO6. The number of hydrogen-bond donors (Lipinski definition) is 3. The number of ether oxygens (including phenoxy) is 2. The summed E-state index contributed by atoms with van der Waals surface area (Å²) in [6.45, 7) is 9.60. The molecule has 0 amide bonds. The molecule has 2 aliphatic rings. The van der Waals surface area contributed by atoms with Crippen molar-refractivity contribution in [3.05, 3.63) is 0 Å². The molecule has 2 rings (SSSR count). The number of piperidine rings is 1. The third-order valence-electron chi connectivity index (χ3n) is 6.30. The largest absolute Gasteiger partial charge is 0.480 e.